The van der Waals surface area contributed by atoms with Crippen LogP contribution in [0, 0.1) is 6.92 Å². The van der Waals surface area contributed by atoms with Gasteiger partial charge < -0.3 is 9.47 Å². The lowest BCUT2D eigenvalue weighted by Crippen LogP contribution is -2.08. The van der Waals surface area contributed by atoms with Crippen molar-refractivity contribution in [1.82, 2.24) is 0 Å². The van der Waals surface area contributed by atoms with Crippen molar-refractivity contribution in [1.29, 1.82) is 0 Å². The van der Waals surface area contributed by atoms with Gasteiger partial charge in [0.2, 0.25) is 0 Å². The topological polar surface area (TPSA) is 35.5 Å². The number of aryl methyl sites for hydroxylation is 1. The van der Waals surface area contributed by atoms with Crippen molar-refractivity contribution in [3.05, 3.63) is 131 Å². The summed E-state index contributed by atoms with van der Waals surface area (Å²) >= 11 is 0. The molecule has 4 aromatic carbocycles. The Balaban J connectivity index is 1.32. The number of hydrogen-bond acceptors (Lipinski definition) is 3. The molecule has 31 heavy (non-hydrogen) atoms. The summed E-state index contributed by atoms with van der Waals surface area (Å²) in [6.07, 6.45) is 0.848. The van der Waals surface area contributed by atoms with Crippen LogP contribution in [-0.4, -0.2) is 5.97 Å². The van der Waals surface area contributed by atoms with E-state index in [1.54, 1.807) is 12.1 Å². The zero-order chi connectivity index (χ0) is 21.5. The quantitative estimate of drug-likeness (QED) is 0.263. The van der Waals surface area contributed by atoms with Crippen LogP contribution < -0.4 is 9.47 Å². The van der Waals surface area contributed by atoms with E-state index in [4.69, 9.17) is 9.47 Å². The Hall–Kier alpha value is -3.85. The summed E-state index contributed by atoms with van der Waals surface area (Å²) in [5, 5.41) is 0. The molecule has 0 saturated carbocycles. The minimum absolute atomic E-state index is 0.373. The van der Waals surface area contributed by atoms with E-state index in [-0.39, 0.29) is 5.97 Å². The largest absolute Gasteiger partial charge is 0.489 e. The number of carbonyl (C=O) groups excluding carboxylic acids is 1. The van der Waals surface area contributed by atoms with Gasteiger partial charge >= 0.3 is 5.97 Å². The van der Waals surface area contributed by atoms with Crippen molar-refractivity contribution in [2.75, 3.05) is 0 Å². The molecule has 0 radical (unpaired) electrons. The fourth-order valence-electron chi connectivity index (χ4n) is 3.28. The average Bonchev–Trinajstić information content (AvgIpc) is 2.80. The van der Waals surface area contributed by atoms with Crippen molar-refractivity contribution in [2.24, 2.45) is 0 Å². The Morgan fingerprint density at radius 1 is 0.677 bits per heavy atom. The van der Waals surface area contributed by atoms with Gasteiger partial charge in [-0.25, -0.2) is 4.79 Å². The SMILES string of the molecule is Cc1cccc(OCc2ccc(C(=O)Oc3ccc(Cc4ccccc4)cc3)cc2)c1. The molecule has 0 saturated heterocycles. The third kappa shape index (κ3) is 5.83. The smallest absolute Gasteiger partial charge is 0.343 e. The fourth-order valence-corrected chi connectivity index (χ4v) is 3.28. The first-order valence-electron chi connectivity index (χ1n) is 10.3. The van der Waals surface area contributed by atoms with Gasteiger partial charge in [-0.2, -0.15) is 0 Å². The predicted octanol–water partition coefficient (Wildman–Crippen LogP) is 6.38. The molecule has 3 nitrogen and oxygen atoms in total. The molecule has 0 N–H and O–H groups in total. The van der Waals surface area contributed by atoms with Crippen molar-refractivity contribution in [3.8, 4) is 11.5 Å². The second-order valence-electron chi connectivity index (χ2n) is 7.50. The van der Waals surface area contributed by atoms with Crippen molar-refractivity contribution in [2.45, 2.75) is 20.0 Å². The molecule has 0 heterocycles. The van der Waals surface area contributed by atoms with E-state index >= 15 is 0 Å². The van der Waals surface area contributed by atoms with Gasteiger partial charge in [0.15, 0.2) is 0 Å². The molecular weight excluding hydrogens is 384 g/mol. The number of esters is 1. The summed E-state index contributed by atoms with van der Waals surface area (Å²) < 4.78 is 11.3. The Kier molecular flexibility index (Phi) is 6.44. The monoisotopic (exact) mass is 408 g/mol. The Morgan fingerprint density at radius 2 is 1.35 bits per heavy atom. The maximum absolute atomic E-state index is 12.5. The molecule has 0 bridgehead atoms. The highest BCUT2D eigenvalue weighted by molar-refractivity contribution is 5.91. The first-order chi connectivity index (χ1) is 15.2. The Labute approximate surface area is 182 Å². The number of carbonyl (C=O) groups is 1. The van der Waals surface area contributed by atoms with Gasteiger partial charge in [0.1, 0.15) is 18.1 Å². The third-order valence-electron chi connectivity index (χ3n) is 4.97. The van der Waals surface area contributed by atoms with E-state index in [1.165, 1.54) is 11.1 Å². The van der Waals surface area contributed by atoms with Crippen LogP contribution in [-0.2, 0) is 13.0 Å². The van der Waals surface area contributed by atoms with E-state index in [0.29, 0.717) is 17.9 Å². The van der Waals surface area contributed by atoms with Crippen molar-refractivity contribution in [3.63, 3.8) is 0 Å². The second-order valence-corrected chi connectivity index (χ2v) is 7.50. The van der Waals surface area contributed by atoms with Crippen LogP contribution in [0.2, 0.25) is 0 Å². The van der Waals surface area contributed by atoms with Gasteiger partial charge in [-0.1, -0.05) is 66.7 Å². The van der Waals surface area contributed by atoms with Gasteiger partial charge in [0.05, 0.1) is 5.56 Å². The molecule has 0 amide bonds. The molecule has 0 aliphatic rings. The normalized spacial score (nSPS) is 10.5. The van der Waals surface area contributed by atoms with Gasteiger partial charge in [0, 0.05) is 0 Å². The molecule has 4 aromatic rings. The predicted molar refractivity (Wildman–Crippen MR) is 123 cm³/mol. The summed E-state index contributed by atoms with van der Waals surface area (Å²) in [5.74, 6) is 0.995. The van der Waals surface area contributed by atoms with Crippen LogP contribution in [0.1, 0.15) is 32.6 Å². The highest BCUT2D eigenvalue weighted by atomic mass is 16.5. The maximum Gasteiger partial charge on any atom is 0.343 e. The van der Waals surface area contributed by atoms with Crippen LogP contribution in [0.25, 0.3) is 0 Å². The molecule has 4 rings (SSSR count). The highest BCUT2D eigenvalue weighted by Gasteiger charge is 2.09. The lowest BCUT2D eigenvalue weighted by molar-refractivity contribution is 0.0734. The Bertz CT molecular complexity index is 1130. The van der Waals surface area contributed by atoms with Gasteiger partial charge in [0.25, 0.3) is 0 Å². The maximum atomic E-state index is 12.5. The fraction of sp³-hybridized carbons (Fsp3) is 0.107. The second kappa shape index (κ2) is 9.77. The zero-order valence-corrected chi connectivity index (χ0v) is 17.5. The molecule has 0 atom stereocenters. The lowest BCUT2D eigenvalue weighted by atomic mass is 10.1. The summed E-state index contributed by atoms with van der Waals surface area (Å²) in [6.45, 7) is 2.48. The molecule has 154 valence electrons. The summed E-state index contributed by atoms with van der Waals surface area (Å²) in [6, 6.07) is 33.2. The van der Waals surface area contributed by atoms with Crippen LogP contribution in [0.4, 0.5) is 0 Å². The molecule has 0 fully saturated rings. The molecular formula is C28H24O3. The van der Waals surface area contributed by atoms with Crippen LogP contribution in [0.5, 0.6) is 11.5 Å². The zero-order valence-electron chi connectivity index (χ0n) is 17.5. The van der Waals surface area contributed by atoms with E-state index in [2.05, 4.69) is 12.1 Å². The third-order valence-corrected chi connectivity index (χ3v) is 4.97. The van der Waals surface area contributed by atoms with Crippen LogP contribution >= 0.6 is 0 Å². The highest BCUT2D eigenvalue weighted by Crippen LogP contribution is 2.18. The molecule has 0 spiro atoms. The Morgan fingerprint density at radius 3 is 2.06 bits per heavy atom. The minimum Gasteiger partial charge on any atom is -0.489 e. The summed E-state index contributed by atoms with van der Waals surface area (Å²) in [4.78, 5) is 12.5. The van der Waals surface area contributed by atoms with E-state index in [9.17, 15) is 4.79 Å². The first-order valence-corrected chi connectivity index (χ1v) is 10.3. The standard InChI is InChI=1S/C28H24O3/c1-21-6-5-9-27(18-21)30-20-24-10-14-25(15-11-24)28(29)31-26-16-12-23(13-17-26)19-22-7-3-2-4-8-22/h2-18H,19-20H2,1H3. The molecule has 0 aromatic heterocycles. The van der Waals surface area contributed by atoms with Crippen LogP contribution in [0.3, 0.4) is 0 Å². The first kappa shape index (κ1) is 20.4. The summed E-state index contributed by atoms with van der Waals surface area (Å²) in [5.41, 5.74) is 5.07. The molecule has 0 aliphatic heterocycles. The molecule has 0 unspecified atom stereocenters. The minimum atomic E-state index is -0.373. The number of benzene rings is 4. The number of ether oxygens (including phenoxy) is 2. The van der Waals surface area contributed by atoms with E-state index in [1.807, 2.05) is 85.8 Å². The van der Waals surface area contributed by atoms with E-state index in [0.717, 1.165) is 23.3 Å². The van der Waals surface area contributed by atoms with Crippen molar-refractivity contribution >= 4 is 5.97 Å². The lowest BCUT2D eigenvalue weighted by Gasteiger charge is -2.08. The van der Waals surface area contributed by atoms with Gasteiger partial charge in [-0.15, -0.1) is 0 Å². The number of hydrogen-bond donors (Lipinski definition) is 0. The van der Waals surface area contributed by atoms with Crippen molar-refractivity contribution < 1.29 is 14.3 Å². The molecule has 0 aliphatic carbocycles. The number of rotatable bonds is 7. The van der Waals surface area contributed by atoms with E-state index < -0.39 is 0 Å². The molecule has 3 heteroatoms. The summed E-state index contributed by atoms with van der Waals surface area (Å²) in [7, 11) is 0. The van der Waals surface area contributed by atoms with Gasteiger partial charge in [-0.3, -0.25) is 0 Å². The van der Waals surface area contributed by atoms with Crippen LogP contribution in [0.15, 0.2) is 103 Å². The van der Waals surface area contributed by atoms with Gasteiger partial charge in [-0.05, 0) is 72.0 Å². The average molecular weight is 408 g/mol.